The number of rotatable bonds is 25. The zero-order valence-electron chi connectivity index (χ0n) is 47.6. The molecule has 0 saturated heterocycles. The first-order valence-corrected chi connectivity index (χ1v) is 28.4. The first-order valence-electron chi connectivity index (χ1n) is 28.4. The number of carbonyl (C=O) groups is 7. The smallest absolute Gasteiger partial charge is 0.296 e. The second-order valence-electron chi connectivity index (χ2n) is 22.0. The summed E-state index contributed by atoms with van der Waals surface area (Å²) >= 11 is 0. The molecule has 1 aliphatic carbocycles. The minimum atomic E-state index is -0.800. The first kappa shape index (κ1) is 57.8. The van der Waals surface area contributed by atoms with Gasteiger partial charge in [0, 0.05) is 80.8 Å². The summed E-state index contributed by atoms with van der Waals surface area (Å²) in [7, 11) is 3.05. The van der Waals surface area contributed by atoms with Crippen molar-refractivity contribution in [3.05, 3.63) is 131 Å². The van der Waals surface area contributed by atoms with Gasteiger partial charge in [-0.25, -0.2) is 4.85 Å². The predicted molar refractivity (Wildman–Crippen MR) is 313 cm³/mol. The van der Waals surface area contributed by atoms with Crippen molar-refractivity contribution in [1.82, 2.24) is 20.0 Å². The van der Waals surface area contributed by atoms with Crippen LogP contribution in [0, 0.1) is 24.3 Å². The number of methoxy groups -OCH3 is 2. The molecule has 0 bridgehead atoms. The van der Waals surface area contributed by atoms with Gasteiger partial charge in [-0.2, -0.15) is 0 Å². The van der Waals surface area contributed by atoms with Gasteiger partial charge in [0.1, 0.15) is 5.75 Å². The van der Waals surface area contributed by atoms with Gasteiger partial charge < -0.3 is 44.1 Å². The maximum atomic E-state index is 14.1. The lowest BCUT2D eigenvalue weighted by Crippen LogP contribution is -2.45. The van der Waals surface area contributed by atoms with Gasteiger partial charge in [-0.15, -0.1) is 0 Å². The van der Waals surface area contributed by atoms with Gasteiger partial charge in [-0.1, -0.05) is 51.5 Å². The van der Waals surface area contributed by atoms with E-state index in [0.29, 0.717) is 101 Å². The topological polar surface area (TPSA) is 228 Å². The van der Waals surface area contributed by atoms with Crippen LogP contribution in [0.2, 0.25) is 0 Å². The number of fused-ring (bicyclic) bond motifs is 4. The molecule has 0 spiro atoms. The second-order valence-corrected chi connectivity index (χ2v) is 22.0. The average molecular weight is 1140 g/mol. The largest absolute Gasteiger partial charge is 0.493 e. The molecule has 1 fully saturated rings. The number of unbranched alkanes of at least 4 members (excludes halogenated alkanes) is 2. The Morgan fingerprint density at radius 1 is 0.726 bits per heavy atom. The van der Waals surface area contributed by atoms with Crippen molar-refractivity contribution >= 4 is 82.0 Å². The fraction of sp³-hybridized carbons (Fsp3) is 0.375. The Morgan fingerprint density at radius 3 is 1.94 bits per heavy atom. The lowest BCUT2D eigenvalue weighted by atomic mass is 9.92. The van der Waals surface area contributed by atoms with Crippen LogP contribution < -0.4 is 34.3 Å². The van der Waals surface area contributed by atoms with E-state index in [0.717, 1.165) is 28.5 Å². The summed E-state index contributed by atoms with van der Waals surface area (Å²) in [6.07, 6.45) is 14.2. The van der Waals surface area contributed by atoms with Crippen LogP contribution in [0.15, 0.2) is 113 Å². The Labute approximate surface area is 487 Å². The Bertz CT molecular complexity index is 3480. The molecule has 84 heavy (non-hydrogen) atoms. The first-order chi connectivity index (χ1) is 40.6. The number of nitrogens with zero attached hydrogens (tertiary/aromatic N) is 6. The molecule has 0 radical (unpaired) electrons. The summed E-state index contributed by atoms with van der Waals surface area (Å²) in [5, 5.41) is 5.75. The summed E-state index contributed by atoms with van der Waals surface area (Å²) in [5.41, 5.74) is 5.81. The molecule has 434 valence electrons. The zero-order valence-corrected chi connectivity index (χ0v) is 47.6. The number of amides is 6. The number of hydrogen-bond donors (Lipinski definition) is 2. The summed E-state index contributed by atoms with van der Waals surface area (Å²) in [6, 6.07) is 19.0. The molecule has 4 aromatic carbocycles. The van der Waals surface area contributed by atoms with E-state index in [2.05, 4.69) is 15.5 Å². The number of carbonyl (C=O) groups excluding carboxylic acids is 7. The lowest BCUT2D eigenvalue weighted by Gasteiger charge is -2.23. The van der Waals surface area contributed by atoms with Gasteiger partial charge in [0.05, 0.1) is 80.7 Å². The zero-order chi connectivity index (χ0) is 59.2. The molecule has 0 aromatic heterocycles. The molecule has 20 heteroatoms. The maximum absolute atomic E-state index is 14.1. The molecule has 5 heterocycles. The third-order valence-electron chi connectivity index (χ3n) is 15.6. The number of anilines is 1. The van der Waals surface area contributed by atoms with Crippen molar-refractivity contribution in [2.45, 2.75) is 103 Å². The highest BCUT2D eigenvalue weighted by Gasteiger charge is 2.39. The van der Waals surface area contributed by atoms with Gasteiger partial charge in [0.25, 0.3) is 23.6 Å². The van der Waals surface area contributed by atoms with E-state index < -0.39 is 23.8 Å². The summed E-state index contributed by atoms with van der Waals surface area (Å²) in [4.78, 5) is 110. The standard InChI is InChI=1S/C64H66N8O12/c1-37(2)60(69-58(74)11-8-7-9-22-70-59(75)32-57(64(70)79)84-47-20-18-43(65-4)19-21-47)52(73)25-38(3)61(76)68-44-16-14-40(15-17-44)42-27-46-34-67-51-31-56(54(81-6)29-49(51)63(78)72(46)36-42)83-24-10-23-82-55-30-50-48(28-53(55)80-5)62(77)71-35-41(39-12-13-39)26-45(71)33-66-50/h14-21,28-39,45-46,60H,7-13,22-27H2,1-3,5-6H3,(H,68,76)(H,69,74)/t38-,45+,46+,60+/m0/s1. The summed E-state index contributed by atoms with van der Waals surface area (Å²) in [5.74, 6) is -0.767. The van der Waals surface area contributed by atoms with Crippen molar-refractivity contribution < 1.29 is 57.2 Å². The number of hydrogen-bond acceptors (Lipinski definition) is 14. The lowest BCUT2D eigenvalue weighted by molar-refractivity contribution is -0.138. The minimum Gasteiger partial charge on any atom is -0.493 e. The molecular weight excluding hydrogens is 1070 g/mol. The number of benzene rings is 4. The molecule has 1 saturated carbocycles. The molecular formula is C64H66N8O12. The fourth-order valence-corrected chi connectivity index (χ4v) is 10.8. The fourth-order valence-electron chi connectivity index (χ4n) is 10.8. The quantitative estimate of drug-likeness (QED) is 0.0359. The number of aliphatic imine (C=N–C) groups is 2. The molecule has 0 unspecified atom stereocenters. The van der Waals surface area contributed by atoms with Gasteiger partial charge >= 0.3 is 0 Å². The van der Waals surface area contributed by atoms with Gasteiger partial charge in [0.15, 0.2) is 40.2 Å². The number of Topliss-reactive ketones (excluding diaryl/α,β-unsaturated/α-hetero) is 1. The summed E-state index contributed by atoms with van der Waals surface area (Å²) in [6.45, 7) is 13.1. The van der Waals surface area contributed by atoms with E-state index in [-0.39, 0.29) is 85.8 Å². The van der Waals surface area contributed by atoms with Crippen molar-refractivity contribution in [3.63, 3.8) is 0 Å². The third kappa shape index (κ3) is 12.9. The van der Waals surface area contributed by atoms with E-state index in [1.807, 2.05) is 44.6 Å². The SMILES string of the molecule is [C-]#[N+]c1ccc(OC2=CC(=O)N(CCCCCC(=O)N[C@@H](C(=O)C[C@H](C)C(=O)Nc3ccc(C4=CN5C(=O)c6cc(OC)c(OCCCOc7cc8c(cc7OC)C(=O)N7C=C(C9CC9)C[C@@H]7C=N8)cc6N=C[C@H]5C4)cc3)C(C)C)C2=O)cc1. The highest BCUT2D eigenvalue weighted by atomic mass is 16.5. The van der Waals surface area contributed by atoms with Crippen LogP contribution >= 0.6 is 0 Å². The van der Waals surface area contributed by atoms with E-state index >= 15 is 0 Å². The van der Waals surface area contributed by atoms with Crippen LogP contribution in [-0.2, 0) is 24.0 Å². The second kappa shape index (κ2) is 25.4. The minimum absolute atomic E-state index is 0.0933. The molecule has 4 aromatic rings. The molecule has 6 amide bonds. The van der Waals surface area contributed by atoms with Crippen molar-refractivity contribution in [3.8, 4) is 28.7 Å². The molecule has 6 aliphatic rings. The number of nitrogens with one attached hydrogen (secondary N) is 2. The molecule has 20 nitrogen and oxygen atoms in total. The molecule has 4 atom stereocenters. The van der Waals surface area contributed by atoms with Crippen LogP contribution in [-0.4, -0.2) is 120 Å². The van der Waals surface area contributed by atoms with Crippen molar-refractivity contribution in [2.75, 3.05) is 39.3 Å². The van der Waals surface area contributed by atoms with Gasteiger partial charge in [-0.3, -0.25) is 48.4 Å². The Morgan fingerprint density at radius 2 is 1.35 bits per heavy atom. The monoisotopic (exact) mass is 1140 g/mol. The highest BCUT2D eigenvalue weighted by molar-refractivity contribution is 6.15. The maximum Gasteiger partial charge on any atom is 0.296 e. The van der Waals surface area contributed by atoms with Crippen molar-refractivity contribution in [1.29, 1.82) is 0 Å². The number of ether oxygens (including phenoxy) is 5. The van der Waals surface area contributed by atoms with Crippen LogP contribution in [0.25, 0.3) is 10.4 Å². The Kier molecular flexibility index (Phi) is 17.5. The van der Waals surface area contributed by atoms with Crippen LogP contribution in [0.4, 0.5) is 22.7 Å². The van der Waals surface area contributed by atoms with Crippen LogP contribution in [0.1, 0.15) is 111 Å². The average Bonchev–Trinajstić information content (AvgIpc) is 3.62. The number of ketones is 1. The highest BCUT2D eigenvalue weighted by Crippen LogP contribution is 2.45. The molecule has 10 rings (SSSR count). The van der Waals surface area contributed by atoms with Gasteiger partial charge in [0.2, 0.25) is 11.8 Å². The van der Waals surface area contributed by atoms with E-state index in [4.69, 9.17) is 40.2 Å². The van der Waals surface area contributed by atoms with E-state index in [1.54, 1.807) is 83.6 Å². The molecule has 2 N–H and O–H groups in total. The third-order valence-corrected chi connectivity index (χ3v) is 15.6. The number of imide groups is 1. The normalized spacial score (nSPS) is 18.3. The Hall–Kier alpha value is -9.38. The van der Waals surface area contributed by atoms with E-state index in [9.17, 15) is 33.6 Å². The molecule has 5 aliphatic heterocycles. The van der Waals surface area contributed by atoms with Crippen LogP contribution in [0.5, 0.6) is 28.7 Å². The summed E-state index contributed by atoms with van der Waals surface area (Å²) < 4.78 is 29.2. The van der Waals surface area contributed by atoms with E-state index in [1.165, 1.54) is 32.6 Å². The Balaban J connectivity index is 0.657. The van der Waals surface area contributed by atoms with Crippen molar-refractivity contribution in [2.24, 2.45) is 27.7 Å². The predicted octanol–water partition coefficient (Wildman–Crippen LogP) is 9.86. The van der Waals surface area contributed by atoms with Gasteiger partial charge in [-0.05, 0) is 97.0 Å². The van der Waals surface area contributed by atoms with Crippen LogP contribution in [0.3, 0.4) is 0 Å².